The summed E-state index contributed by atoms with van der Waals surface area (Å²) in [6.45, 7) is 32.8. The molecule has 0 heterocycles. The zero-order valence-corrected chi connectivity index (χ0v) is 76.9. The van der Waals surface area contributed by atoms with Gasteiger partial charge in [0.25, 0.3) is 11.4 Å². The van der Waals surface area contributed by atoms with Crippen molar-refractivity contribution in [1.82, 2.24) is 0 Å². The van der Waals surface area contributed by atoms with E-state index in [1.54, 1.807) is 105 Å². The number of hydrogen-bond donors (Lipinski definition) is 1. The van der Waals surface area contributed by atoms with Crippen LogP contribution >= 0.6 is 0 Å². The quantitative estimate of drug-likeness (QED) is 0.0485. The first-order valence-corrected chi connectivity index (χ1v) is 44.0. The number of ether oxygens (including phenoxy) is 3. The number of nitro benzene ring substituents is 3. The summed E-state index contributed by atoms with van der Waals surface area (Å²) < 4.78 is 18.7. The molecular formula is C44H61N3O10W12-2. The van der Waals surface area contributed by atoms with Crippen LogP contribution in [0.4, 0.5) is 17.1 Å². The van der Waals surface area contributed by atoms with Crippen LogP contribution in [0.25, 0.3) is 0 Å². The van der Waals surface area contributed by atoms with Gasteiger partial charge < -0.3 is 4.74 Å². The van der Waals surface area contributed by atoms with E-state index >= 15 is 0 Å². The van der Waals surface area contributed by atoms with Gasteiger partial charge in [-0.1, -0.05) is 20.3 Å². The number of rotatable bonds is 11. The molecule has 0 saturated heterocycles. The third-order valence-corrected chi connectivity index (χ3v) is 11.2. The number of nitrogens with zero attached hydrogens (tertiary/aromatic N) is 3. The van der Waals surface area contributed by atoms with Crippen molar-refractivity contribution in [1.29, 1.82) is 0 Å². The van der Waals surface area contributed by atoms with Gasteiger partial charge in [-0.3, -0.25) is 20.2 Å². The van der Waals surface area contributed by atoms with Crippen molar-refractivity contribution in [3.05, 3.63) is 128 Å². The zero-order chi connectivity index (χ0) is 50.5. The van der Waals surface area contributed by atoms with Crippen molar-refractivity contribution >= 4 is 24.9 Å². The molecule has 0 aromatic heterocycles. The van der Waals surface area contributed by atoms with Crippen LogP contribution in [0.2, 0.25) is 0 Å². The number of benzene rings is 3. The molecule has 0 atom stereocenters. The Morgan fingerprint density at radius 3 is 1.07 bits per heavy atom. The molecule has 0 aliphatic carbocycles. The molecular weight excluding hydrogens is 2940 g/mol. The summed E-state index contributed by atoms with van der Waals surface area (Å²) in [7, 11) is 0. The average Bonchev–Trinajstić information content (AvgIpc) is 3.23. The first-order valence-electron chi connectivity index (χ1n) is 19.1. The second-order valence-corrected chi connectivity index (χ2v) is 18.0. The van der Waals surface area contributed by atoms with E-state index < -0.39 is 0 Å². The van der Waals surface area contributed by atoms with Crippen molar-refractivity contribution in [2.24, 2.45) is 0 Å². The monoisotopic (exact) mass is 3000 g/mol. The van der Waals surface area contributed by atoms with Gasteiger partial charge in [-0.25, -0.2) is 0 Å². The van der Waals surface area contributed by atoms with E-state index in [1.807, 2.05) is 76.2 Å². The van der Waals surface area contributed by atoms with Crippen LogP contribution in [-0.4, -0.2) is 41.1 Å². The molecule has 0 radical (unpaired) electrons. The standard InChI is InChI=1S/C15H18NO4.C11H15NO3.C10H13NO2.C5H7O.C3H8.12W/c1-6-10(2)8-19-9-20-15-11(3)7-14(16(17)18)12(4)13(15)5;1-5-15-11-7(2)6-10(12(13)14)8(3)9(11)4;1-6-5-10(11(12)13)9(4)8(3)7(6)2;1-3-5(2)4-6;1-3-2;;;;;;;;;;;;/h7H,9H2,1-5H3;6H,5H2,1-4H3;5H,1-4H3;6H,1-2H3;3H2,1-2H3;;;;;;;;;;;;/q-1;;;-1;;;;;;;;;;;;;. The first-order chi connectivity index (χ1) is 29.3. The fraction of sp³-hybridized carbons (Fsp3) is 0.455. The Bertz CT molecular complexity index is 2110. The van der Waals surface area contributed by atoms with E-state index in [0.29, 0.717) is 23.5 Å². The number of hydrogen-bond acceptors (Lipinski definition) is 10. The molecule has 13 nitrogen and oxygen atoms in total. The Hall–Kier alpha value is 2.54. The van der Waals surface area contributed by atoms with E-state index in [-0.39, 0.29) is 165 Å². The molecule has 0 aliphatic rings. The van der Waals surface area contributed by atoms with E-state index in [0.717, 1.165) is 61.4 Å². The third-order valence-electron chi connectivity index (χ3n) is 9.04. The molecule has 3 aromatic rings. The van der Waals surface area contributed by atoms with Crippen molar-refractivity contribution in [2.75, 3.05) is 13.4 Å². The fourth-order valence-corrected chi connectivity index (χ4v) is 5.11. The maximum absolute atomic E-state index is 11.0. The SMILES string of the molecule is CCC.CCOc1c(C)cc([N+](=O)[O-])c(C)c1C.C[C](=[W])C(C)=[C-]O.C[C](=[W])C(C)=[C-]OCOc1c(C)cc([N+](=O)[O-])c(C)c1C.Cc1cc([N+](=O)[O-])c(C)c(C)c1C.[W].[W].[W].[W].[W].[W].[W]=[W].[W]=[W]. The van der Waals surface area contributed by atoms with E-state index in [9.17, 15) is 30.3 Å². The summed E-state index contributed by atoms with van der Waals surface area (Å²) >= 11 is 9.42. The molecule has 1 N–H and O–H groups in total. The van der Waals surface area contributed by atoms with Gasteiger partial charge in [-0.05, 0) is 77.6 Å². The van der Waals surface area contributed by atoms with Gasteiger partial charge in [-0.15, -0.1) is 0 Å². The van der Waals surface area contributed by atoms with Crippen LogP contribution < -0.4 is 9.47 Å². The Morgan fingerprint density at radius 1 is 0.522 bits per heavy atom. The second-order valence-electron chi connectivity index (χ2n) is 13.6. The first kappa shape index (κ1) is 94.0. The summed E-state index contributed by atoms with van der Waals surface area (Å²) in [6.07, 6.45) is 6.12. The number of aliphatic hydroxyl groups is 1. The minimum atomic E-state index is -0.377. The van der Waals surface area contributed by atoms with Crippen LogP contribution in [0, 0.1) is 112 Å². The molecule has 25 heteroatoms. The summed E-state index contributed by atoms with van der Waals surface area (Å²) in [5.74, 6) is 1.39. The number of aliphatic hydroxyl groups excluding tert-OH is 1. The Labute approximate surface area is 557 Å². The molecule has 69 heavy (non-hydrogen) atoms. The predicted molar refractivity (Wildman–Crippen MR) is 229 cm³/mol. The second kappa shape index (κ2) is 53.9. The number of allylic oxidation sites excluding steroid dienone is 2. The van der Waals surface area contributed by atoms with Gasteiger partial charge in [0.15, 0.2) is 0 Å². The van der Waals surface area contributed by atoms with Crippen LogP contribution in [0.1, 0.15) is 111 Å². The molecule has 0 unspecified atom stereocenters. The maximum atomic E-state index is 11.0. The van der Waals surface area contributed by atoms with Crippen molar-refractivity contribution < 1.29 is 264 Å². The van der Waals surface area contributed by atoms with Crippen LogP contribution in [0.15, 0.2) is 29.3 Å². The van der Waals surface area contributed by atoms with Crippen LogP contribution in [0.3, 0.4) is 0 Å². The summed E-state index contributed by atoms with van der Waals surface area (Å²) in [5.41, 5.74) is 10.6. The van der Waals surface area contributed by atoms with Gasteiger partial charge >= 0.3 is 254 Å². The van der Waals surface area contributed by atoms with Crippen molar-refractivity contribution in [3.63, 3.8) is 0 Å². The Morgan fingerprint density at radius 2 is 0.812 bits per heavy atom. The molecule has 0 fully saturated rings. The summed E-state index contributed by atoms with van der Waals surface area (Å²) in [5, 5.41) is 40.6. The Balaban J connectivity index is -0.0000000814. The van der Waals surface area contributed by atoms with Gasteiger partial charge in [0.2, 0.25) is 0 Å². The average molecular weight is 3000 g/mol. The van der Waals surface area contributed by atoms with Crippen molar-refractivity contribution in [3.8, 4) is 11.5 Å². The number of aryl methyl sites for hydroxylation is 3. The van der Waals surface area contributed by atoms with E-state index in [4.69, 9.17) is 19.3 Å². The molecule has 0 aliphatic heterocycles. The van der Waals surface area contributed by atoms with Gasteiger partial charge in [0.05, 0.1) is 16.5 Å². The minimum absolute atomic E-state index is 0. The topological polar surface area (TPSA) is 177 Å². The third kappa shape index (κ3) is 37.1. The fourth-order valence-electron chi connectivity index (χ4n) is 4.80. The molecule has 386 valence electrons. The zero-order valence-electron chi connectivity index (χ0n) is 41.7. The Kier molecular flexibility index (Phi) is 73.4. The molecule has 0 spiro atoms. The van der Waals surface area contributed by atoms with E-state index in [1.165, 1.54) is 59.0 Å². The van der Waals surface area contributed by atoms with Crippen LogP contribution in [-0.2, 0) is 235 Å². The molecule has 0 bridgehead atoms. The van der Waals surface area contributed by atoms with Gasteiger partial charge in [0, 0.05) is 155 Å². The van der Waals surface area contributed by atoms with Crippen molar-refractivity contribution in [2.45, 2.75) is 124 Å². The molecule has 3 aromatic carbocycles. The predicted octanol–water partition coefficient (Wildman–Crippen LogP) is 11.4. The van der Waals surface area contributed by atoms with E-state index in [2.05, 4.69) is 26.4 Å². The summed E-state index contributed by atoms with van der Waals surface area (Å²) in [4.78, 5) is 31.3. The number of nitro groups is 3. The molecule has 0 saturated carbocycles. The molecule has 3 rings (SSSR count). The summed E-state index contributed by atoms with van der Waals surface area (Å²) in [6, 6.07) is 4.72. The molecule has 0 amide bonds. The van der Waals surface area contributed by atoms with Gasteiger partial charge in [0.1, 0.15) is 5.75 Å². The van der Waals surface area contributed by atoms with Crippen LogP contribution in [0.5, 0.6) is 11.5 Å². The normalized spacial score (nSPS) is 9.06. The van der Waals surface area contributed by atoms with Gasteiger partial charge in [-0.2, -0.15) is 0 Å².